The Balaban J connectivity index is 0.00000361. The third-order valence-electron chi connectivity index (χ3n) is 2.68. The highest BCUT2D eigenvalue weighted by Crippen LogP contribution is 2.22. The third kappa shape index (κ3) is 5.77. The molecule has 0 aliphatic heterocycles. The second-order valence-electron chi connectivity index (χ2n) is 4.56. The summed E-state index contributed by atoms with van der Waals surface area (Å²) in [4.78, 5) is 11.9. The van der Waals surface area contributed by atoms with Crippen molar-refractivity contribution in [3.05, 3.63) is 24.3 Å². The Morgan fingerprint density at radius 1 is 1.20 bits per heavy atom. The monoisotopic (exact) mass is 321 g/mol. The first-order chi connectivity index (χ1) is 8.70. The number of rotatable bonds is 5. The summed E-state index contributed by atoms with van der Waals surface area (Å²) in [5.41, 5.74) is 6.39. The summed E-state index contributed by atoms with van der Waals surface area (Å²) in [5, 5.41) is 2.67. The second kappa shape index (κ2) is 7.47. The van der Waals surface area contributed by atoms with Gasteiger partial charge in [-0.15, -0.1) is 12.4 Å². The molecule has 0 saturated carbocycles. The summed E-state index contributed by atoms with van der Waals surface area (Å²) >= 11 is 0. The molecule has 8 heteroatoms. The molecule has 1 amide bonds. The zero-order valence-corrected chi connectivity index (χ0v) is 13.2. The van der Waals surface area contributed by atoms with Crippen LogP contribution in [-0.2, 0) is 14.8 Å². The van der Waals surface area contributed by atoms with Crippen LogP contribution in [0.4, 0.5) is 11.4 Å². The number of nitrogens with one attached hydrogen (secondary N) is 2. The summed E-state index contributed by atoms with van der Waals surface area (Å²) in [5.74, 6) is -0.621. The van der Waals surface area contributed by atoms with Gasteiger partial charge in [0.25, 0.3) is 0 Å². The van der Waals surface area contributed by atoms with Gasteiger partial charge in [-0.2, -0.15) is 0 Å². The van der Waals surface area contributed by atoms with E-state index in [1.165, 1.54) is 0 Å². The predicted molar refractivity (Wildman–Crippen MR) is 83.6 cm³/mol. The Morgan fingerprint density at radius 2 is 1.70 bits per heavy atom. The number of para-hydroxylation sites is 2. The summed E-state index contributed by atoms with van der Waals surface area (Å²) in [6.45, 7) is 3.46. The molecule has 114 valence electrons. The Bertz CT molecular complexity index is 561. The van der Waals surface area contributed by atoms with Gasteiger partial charge in [-0.25, -0.2) is 8.42 Å². The maximum atomic E-state index is 11.9. The van der Waals surface area contributed by atoms with E-state index in [9.17, 15) is 13.2 Å². The first kappa shape index (κ1) is 18.7. The summed E-state index contributed by atoms with van der Waals surface area (Å²) < 4.78 is 24.8. The molecule has 0 heterocycles. The lowest BCUT2D eigenvalue weighted by Gasteiger charge is -2.17. The highest BCUT2D eigenvalue weighted by molar-refractivity contribution is 7.92. The lowest BCUT2D eigenvalue weighted by molar-refractivity contribution is -0.119. The Morgan fingerprint density at radius 3 is 2.15 bits per heavy atom. The van der Waals surface area contributed by atoms with Gasteiger partial charge in [-0.3, -0.25) is 9.52 Å². The summed E-state index contributed by atoms with van der Waals surface area (Å²) in [7, 11) is -3.40. The quantitative estimate of drug-likeness (QED) is 0.763. The molecular formula is C12H20ClN3O3S. The van der Waals surface area contributed by atoms with Gasteiger partial charge in [0.1, 0.15) is 0 Å². The molecule has 0 radical (unpaired) electrons. The molecule has 1 rings (SSSR count). The number of hydrogen-bond donors (Lipinski definition) is 3. The zero-order valence-electron chi connectivity index (χ0n) is 11.6. The number of nitrogens with two attached hydrogens (primary N) is 1. The summed E-state index contributed by atoms with van der Waals surface area (Å²) in [6.07, 6.45) is 1.05. The van der Waals surface area contributed by atoms with E-state index in [-0.39, 0.29) is 30.3 Å². The number of amides is 1. The van der Waals surface area contributed by atoms with Gasteiger partial charge in [0.05, 0.1) is 23.5 Å². The Hall–Kier alpha value is -1.31. The van der Waals surface area contributed by atoms with Crippen LogP contribution >= 0.6 is 12.4 Å². The number of halogens is 1. The molecule has 20 heavy (non-hydrogen) atoms. The van der Waals surface area contributed by atoms with Crippen LogP contribution in [-0.4, -0.2) is 26.6 Å². The van der Waals surface area contributed by atoms with E-state index in [0.29, 0.717) is 11.4 Å². The molecule has 2 unspecified atom stereocenters. The van der Waals surface area contributed by atoms with Crippen molar-refractivity contribution in [3.63, 3.8) is 0 Å². The van der Waals surface area contributed by atoms with Crippen LogP contribution in [0.15, 0.2) is 24.3 Å². The van der Waals surface area contributed by atoms with Crippen LogP contribution in [0.1, 0.15) is 13.8 Å². The van der Waals surface area contributed by atoms with Crippen LogP contribution in [0.3, 0.4) is 0 Å². The highest BCUT2D eigenvalue weighted by Gasteiger charge is 2.18. The van der Waals surface area contributed by atoms with E-state index in [2.05, 4.69) is 10.0 Å². The molecule has 1 aromatic rings. The van der Waals surface area contributed by atoms with E-state index in [4.69, 9.17) is 5.73 Å². The van der Waals surface area contributed by atoms with E-state index in [0.717, 1.165) is 6.26 Å². The lowest BCUT2D eigenvalue weighted by atomic mass is 10.0. The number of carbonyl (C=O) groups is 1. The molecule has 0 aliphatic rings. The Kier molecular flexibility index (Phi) is 6.98. The van der Waals surface area contributed by atoms with E-state index in [1.807, 2.05) is 0 Å². The number of benzene rings is 1. The molecule has 0 bridgehead atoms. The molecule has 4 N–H and O–H groups in total. The largest absolute Gasteiger partial charge is 0.327 e. The predicted octanol–water partition coefficient (Wildman–Crippen LogP) is 1.40. The SMILES string of the molecule is CC(N)C(C)C(=O)Nc1ccccc1NS(C)(=O)=O.Cl. The van der Waals surface area contributed by atoms with Gasteiger partial charge in [0.2, 0.25) is 15.9 Å². The molecule has 0 saturated heterocycles. The zero-order chi connectivity index (χ0) is 14.6. The van der Waals surface area contributed by atoms with Crippen molar-refractivity contribution in [1.82, 2.24) is 0 Å². The first-order valence-corrected chi connectivity index (χ1v) is 7.73. The van der Waals surface area contributed by atoms with Crippen molar-refractivity contribution in [3.8, 4) is 0 Å². The van der Waals surface area contributed by atoms with E-state index < -0.39 is 10.0 Å². The van der Waals surface area contributed by atoms with Gasteiger partial charge in [0, 0.05) is 6.04 Å². The molecule has 6 nitrogen and oxygen atoms in total. The molecule has 2 atom stereocenters. The van der Waals surface area contributed by atoms with Crippen molar-refractivity contribution in [2.75, 3.05) is 16.3 Å². The second-order valence-corrected chi connectivity index (χ2v) is 6.31. The van der Waals surface area contributed by atoms with Crippen molar-refractivity contribution >= 4 is 39.7 Å². The molecule has 0 aromatic heterocycles. The fourth-order valence-electron chi connectivity index (χ4n) is 1.37. The minimum Gasteiger partial charge on any atom is -0.327 e. The standard InChI is InChI=1S/C12H19N3O3S.ClH/c1-8(9(2)13)12(16)14-10-6-4-5-7-11(10)15-19(3,17)18;/h4-9,15H,13H2,1-3H3,(H,14,16);1H. The van der Waals surface area contributed by atoms with Gasteiger partial charge in [0.15, 0.2) is 0 Å². The first-order valence-electron chi connectivity index (χ1n) is 5.84. The van der Waals surface area contributed by atoms with Crippen LogP contribution < -0.4 is 15.8 Å². The number of sulfonamides is 1. The van der Waals surface area contributed by atoms with E-state index in [1.54, 1.807) is 38.1 Å². The van der Waals surface area contributed by atoms with Gasteiger partial charge in [-0.05, 0) is 19.1 Å². The number of hydrogen-bond acceptors (Lipinski definition) is 4. The van der Waals surface area contributed by atoms with Crippen LogP contribution in [0.2, 0.25) is 0 Å². The molecular weight excluding hydrogens is 302 g/mol. The topological polar surface area (TPSA) is 101 Å². The minimum atomic E-state index is -3.40. The highest BCUT2D eigenvalue weighted by atomic mass is 35.5. The van der Waals surface area contributed by atoms with Crippen LogP contribution in [0.25, 0.3) is 0 Å². The molecule has 0 aliphatic carbocycles. The van der Waals surface area contributed by atoms with Crippen molar-refractivity contribution in [2.45, 2.75) is 19.9 Å². The maximum Gasteiger partial charge on any atom is 0.229 e. The van der Waals surface area contributed by atoms with Crippen LogP contribution in [0, 0.1) is 5.92 Å². The van der Waals surface area contributed by atoms with Crippen molar-refractivity contribution in [2.24, 2.45) is 11.7 Å². The van der Waals surface area contributed by atoms with Gasteiger partial charge < -0.3 is 11.1 Å². The fraction of sp³-hybridized carbons (Fsp3) is 0.417. The minimum absolute atomic E-state index is 0. The fourth-order valence-corrected chi connectivity index (χ4v) is 1.94. The third-order valence-corrected chi connectivity index (χ3v) is 3.27. The van der Waals surface area contributed by atoms with Gasteiger partial charge in [-0.1, -0.05) is 19.1 Å². The average Bonchev–Trinajstić information content (AvgIpc) is 2.28. The molecule has 0 spiro atoms. The normalized spacial score (nSPS) is 13.8. The lowest BCUT2D eigenvalue weighted by Crippen LogP contribution is -2.34. The van der Waals surface area contributed by atoms with Crippen LogP contribution in [0.5, 0.6) is 0 Å². The Labute approximate surface area is 125 Å². The van der Waals surface area contributed by atoms with Crippen molar-refractivity contribution in [1.29, 1.82) is 0 Å². The van der Waals surface area contributed by atoms with Gasteiger partial charge >= 0.3 is 0 Å². The maximum absolute atomic E-state index is 11.9. The van der Waals surface area contributed by atoms with Crippen molar-refractivity contribution < 1.29 is 13.2 Å². The molecule has 0 fully saturated rings. The van der Waals surface area contributed by atoms with E-state index >= 15 is 0 Å². The number of carbonyl (C=O) groups excluding carboxylic acids is 1. The smallest absolute Gasteiger partial charge is 0.229 e. The number of anilines is 2. The molecule has 1 aromatic carbocycles. The summed E-state index contributed by atoms with van der Waals surface area (Å²) in [6, 6.07) is 6.31. The average molecular weight is 322 g/mol.